The van der Waals surface area contributed by atoms with Gasteiger partial charge in [0.2, 0.25) is 0 Å². The average Bonchev–Trinajstić information content (AvgIpc) is 2.53. The van der Waals surface area contributed by atoms with Crippen LogP contribution in [0.1, 0.15) is 43.5 Å². The third-order valence-electron chi connectivity index (χ3n) is 3.42. The molecule has 1 aliphatic heterocycles. The van der Waals surface area contributed by atoms with Gasteiger partial charge in [-0.05, 0) is 60.9 Å². The number of nitrogens with zero attached hydrogens (tertiary/aromatic N) is 1. The Morgan fingerprint density at radius 3 is 2.35 bits per heavy atom. The van der Waals surface area contributed by atoms with Crippen molar-refractivity contribution in [1.82, 2.24) is 4.90 Å². The van der Waals surface area contributed by atoms with E-state index in [4.69, 9.17) is 5.73 Å². The van der Waals surface area contributed by atoms with Crippen molar-refractivity contribution in [2.24, 2.45) is 5.73 Å². The van der Waals surface area contributed by atoms with E-state index in [9.17, 15) is 0 Å². The van der Waals surface area contributed by atoms with Gasteiger partial charge in [0.15, 0.2) is 0 Å². The molecule has 96 valence electrons. The lowest BCUT2D eigenvalue weighted by atomic mass is 10.1. The summed E-state index contributed by atoms with van der Waals surface area (Å²) in [6.07, 6.45) is 5.37. The van der Waals surface area contributed by atoms with Gasteiger partial charge in [-0.25, -0.2) is 0 Å². The van der Waals surface area contributed by atoms with Gasteiger partial charge in [0, 0.05) is 10.9 Å². The van der Waals surface area contributed by atoms with Crippen LogP contribution in [0.3, 0.4) is 0 Å². The summed E-state index contributed by atoms with van der Waals surface area (Å²) in [6, 6.07) is 4.93. The Balaban J connectivity index is 2.15. The molecule has 17 heavy (non-hydrogen) atoms. The van der Waals surface area contributed by atoms with E-state index in [1.165, 1.54) is 47.4 Å². The van der Waals surface area contributed by atoms with Crippen molar-refractivity contribution < 1.29 is 0 Å². The predicted molar refractivity (Wildman–Crippen MR) is 78.5 cm³/mol. The van der Waals surface area contributed by atoms with Gasteiger partial charge in [-0.3, -0.25) is 4.90 Å². The van der Waals surface area contributed by atoms with Crippen LogP contribution in [0.2, 0.25) is 0 Å². The third-order valence-corrected chi connectivity index (χ3v) is 5.11. The fourth-order valence-electron chi connectivity index (χ4n) is 2.63. The van der Waals surface area contributed by atoms with E-state index in [-0.39, 0.29) is 6.04 Å². The highest BCUT2D eigenvalue weighted by atomic mass is 79.9. The van der Waals surface area contributed by atoms with Crippen LogP contribution >= 0.6 is 27.3 Å². The third kappa shape index (κ3) is 3.53. The minimum absolute atomic E-state index is 0.193. The molecule has 0 bridgehead atoms. The van der Waals surface area contributed by atoms with Crippen LogP contribution in [-0.4, -0.2) is 24.0 Å². The molecule has 0 radical (unpaired) electrons. The van der Waals surface area contributed by atoms with Gasteiger partial charge in [-0.1, -0.05) is 12.8 Å². The Morgan fingerprint density at radius 1 is 1.24 bits per heavy atom. The van der Waals surface area contributed by atoms with E-state index in [0.717, 1.165) is 0 Å². The predicted octanol–water partition coefficient (Wildman–Crippen LogP) is 3.77. The molecule has 1 aromatic heterocycles. The topological polar surface area (TPSA) is 29.3 Å². The molecule has 1 saturated heterocycles. The summed E-state index contributed by atoms with van der Waals surface area (Å²) >= 11 is 5.37. The summed E-state index contributed by atoms with van der Waals surface area (Å²) in [5.41, 5.74) is 6.21. The van der Waals surface area contributed by atoms with Gasteiger partial charge in [-0.15, -0.1) is 11.3 Å². The maximum Gasteiger partial charge on any atom is 0.0702 e. The quantitative estimate of drug-likeness (QED) is 0.919. The van der Waals surface area contributed by atoms with Gasteiger partial charge < -0.3 is 5.73 Å². The minimum Gasteiger partial charge on any atom is -0.326 e. The number of hydrogen-bond acceptors (Lipinski definition) is 3. The largest absolute Gasteiger partial charge is 0.326 e. The Kier molecular flexibility index (Phi) is 5.03. The van der Waals surface area contributed by atoms with Crippen molar-refractivity contribution in [2.75, 3.05) is 13.1 Å². The summed E-state index contributed by atoms with van der Waals surface area (Å²) in [7, 11) is 0. The van der Waals surface area contributed by atoms with Crippen molar-refractivity contribution >= 4 is 27.3 Å². The molecule has 0 aromatic carbocycles. The number of rotatable bonds is 3. The second kappa shape index (κ2) is 6.32. The van der Waals surface area contributed by atoms with E-state index in [0.29, 0.717) is 6.04 Å². The van der Waals surface area contributed by atoms with Gasteiger partial charge >= 0.3 is 0 Å². The standard InChI is InChI=1S/C13H21BrN2S/c1-10(15)13(11-6-7-12(14)17-11)16-8-4-2-3-5-9-16/h6-7,10,13H,2-5,8-9,15H2,1H3. The Hall–Kier alpha value is 0.1000. The molecular formula is C13H21BrN2S. The molecule has 2 heterocycles. The lowest BCUT2D eigenvalue weighted by molar-refractivity contribution is 0.186. The Morgan fingerprint density at radius 2 is 1.88 bits per heavy atom. The molecule has 2 rings (SSSR count). The van der Waals surface area contributed by atoms with Gasteiger partial charge in [0.25, 0.3) is 0 Å². The van der Waals surface area contributed by atoms with E-state index in [1.54, 1.807) is 0 Å². The smallest absolute Gasteiger partial charge is 0.0702 e. The summed E-state index contributed by atoms with van der Waals surface area (Å²) < 4.78 is 1.20. The highest BCUT2D eigenvalue weighted by Gasteiger charge is 2.25. The van der Waals surface area contributed by atoms with E-state index in [2.05, 4.69) is 39.9 Å². The maximum absolute atomic E-state index is 6.21. The molecule has 2 N–H and O–H groups in total. The average molecular weight is 317 g/mol. The number of nitrogens with two attached hydrogens (primary N) is 1. The van der Waals surface area contributed by atoms with Crippen LogP contribution in [0, 0.1) is 0 Å². The molecule has 0 saturated carbocycles. The monoisotopic (exact) mass is 316 g/mol. The first-order chi connectivity index (χ1) is 8.18. The number of thiophene rings is 1. The van der Waals surface area contributed by atoms with E-state index < -0.39 is 0 Å². The molecule has 2 unspecified atom stereocenters. The van der Waals surface area contributed by atoms with Crippen molar-refractivity contribution in [3.8, 4) is 0 Å². The second-order valence-corrected chi connectivity index (χ2v) is 7.39. The fraction of sp³-hybridized carbons (Fsp3) is 0.692. The maximum atomic E-state index is 6.21. The molecule has 1 aromatic rings. The van der Waals surface area contributed by atoms with Crippen molar-refractivity contribution in [3.05, 3.63) is 20.8 Å². The lowest BCUT2D eigenvalue weighted by Crippen LogP contribution is -2.39. The normalized spacial score (nSPS) is 22.1. The first-order valence-corrected chi connectivity index (χ1v) is 8.04. The van der Waals surface area contributed by atoms with E-state index in [1.807, 2.05) is 11.3 Å². The molecule has 0 amide bonds. The van der Waals surface area contributed by atoms with Gasteiger partial charge in [0.05, 0.1) is 9.83 Å². The van der Waals surface area contributed by atoms with Gasteiger partial charge in [0.1, 0.15) is 0 Å². The summed E-state index contributed by atoms with van der Waals surface area (Å²) in [4.78, 5) is 3.98. The Labute approximate surface area is 116 Å². The molecule has 1 fully saturated rings. The summed E-state index contributed by atoms with van der Waals surface area (Å²) in [5.74, 6) is 0. The zero-order valence-electron chi connectivity index (χ0n) is 10.4. The lowest BCUT2D eigenvalue weighted by Gasteiger charge is -2.32. The fourth-order valence-corrected chi connectivity index (χ4v) is 4.31. The Bertz CT molecular complexity index is 343. The first-order valence-electron chi connectivity index (χ1n) is 6.43. The van der Waals surface area contributed by atoms with E-state index >= 15 is 0 Å². The van der Waals surface area contributed by atoms with Crippen LogP contribution in [0.15, 0.2) is 15.9 Å². The zero-order valence-corrected chi connectivity index (χ0v) is 12.8. The first kappa shape index (κ1) is 13.5. The molecule has 4 heteroatoms. The molecule has 0 spiro atoms. The van der Waals surface area contributed by atoms with Gasteiger partial charge in [-0.2, -0.15) is 0 Å². The van der Waals surface area contributed by atoms with Crippen LogP contribution in [0.5, 0.6) is 0 Å². The minimum atomic E-state index is 0.193. The number of likely N-dealkylation sites (tertiary alicyclic amines) is 1. The van der Waals surface area contributed by atoms with Crippen LogP contribution in [0.4, 0.5) is 0 Å². The number of halogens is 1. The highest BCUT2D eigenvalue weighted by molar-refractivity contribution is 9.11. The highest BCUT2D eigenvalue weighted by Crippen LogP contribution is 2.33. The number of hydrogen-bond donors (Lipinski definition) is 1. The SMILES string of the molecule is CC(N)C(c1ccc(Br)s1)N1CCCCCC1. The molecule has 2 atom stereocenters. The summed E-state index contributed by atoms with van der Waals surface area (Å²) in [6.45, 7) is 4.52. The van der Waals surface area contributed by atoms with Crippen molar-refractivity contribution in [2.45, 2.75) is 44.7 Å². The van der Waals surface area contributed by atoms with Crippen LogP contribution < -0.4 is 5.73 Å². The molecule has 2 nitrogen and oxygen atoms in total. The van der Waals surface area contributed by atoms with Crippen LogP contribution in [0.25, 0.3) is 0 Å². The second-order valence-electron chi connectivity index (χ2n) is 4.90. The molecule has 1 aliphatic rings. The molecule has 0 aliphatic carbocycles. The zero-order chi connectivity index (χ0) is 12.3. The van der Waals surface area contributed by atoms with Crippen molar-refractivity contribution in [1.29, 1.82) is 0 Å². The van der Waals surface area contributed by atoms with Crippen LogP contribution in [-0.2, 0) is 0 Å². The molecular weight excluding hydrogens is 296 g/mol. The van der Waals surface area contributed by atoms with Crippen molar-refractivity contribution in [3.63, 3.8) is 0 Å². The summed E-state index contributed by atoms with van der Waals surface area (Å²) in [5, 5.41) is 0.